The van der Waals surface area contributed by atoms with E-state index in [1.165, 1.54) is 36.5 Å². The monoisotopic (exact) mass is 456 g/mol. The molecule has 0 radical (unpaired) electrons. The molecule has 1 aromatic heterocycles. The number of nitrogens with zero attached hydrogens (tertiary/aromatic N) is 2. The van der Waals surface area contributed by atoms with Crippen molar-refractivity contribution < 1.29 is 17.6 Å². The molecule has 4 aromatic rings. The molecule has 0 spiro atoms. The Labute approximate surface area is 182 Å². The number of hydrogen-bond donors (Lipinski definition) is 2. The van der Waals surface area contributed by atoms with Crippen molar-refractivity contribution >= 4 is 49.9 Å². The molecule has 4 rings (SSSR count). The van der Waals surface area contributed by atoms with E-state index in [0.29, 0.717) is 11.0 Å². The van der Waals surface area contributed by atoms with Crippen LogP contribution < -0.4 is 10.0 Å². The van der Waals surface area contributed by atoms with Gasteiger partial charge in [-0.05, 0) is 42.5 Å². The molecule has 156 valence electrons. The maximum atomic E-state index is 14.0. The van der Waals surface area contributed by atoms with Crippen molar-refractivity contribution in [3.8, 4) is 0 Å². The molecule has 1 heterocycles. The fourth-order valence-corrected chi connectivity index (χ4v) is 4.16. The van der Waals surface area contributed by atoms with Crippen LogP contribution in [-0.2, 0) is 10.0 Å². The average molecular weight is 457 g/mol. The van der Waals surface area contributed by atoms with Crippen molar-refractivity contribution in [1.82, 2.24) is 9.97 Å². The molecule has 2 N–H and O–H groups in total. The zero-order chi connectivity index (χ0) is 22.0. The molecular weight excluding hydrogens is 443 g/mol. The van der Waals surface area contributed by atoms with Gasteiger partial charge in [-0.1, -0.05) is 35.9 Å². The molecule has 0 saturated heterocycles. The molecule has 0 bridgehead atoms. The Hall–Kier alpha value is -3.56. The number of aromatic nitrogens is 2. The van der Waals surface area contributed by atoms with E-state index >= 15 is 0 Å². The highest BCUT2D eigenvalue weighted by molar-refractivity contribution is 7.92. The van der Waals surface area contributed by atoms with Crippen LogP contribution in [0.25, 0.3) is 11.0 Å². The third-order valence-corrected chi connectivity index (χ3v) is 5.92. The summed E-state index contributed by atoms with van der Waals surface area (Å²) < 4.78 is 41.6. The molecule has 10 heteroatoms. The third-order valence-electron chi connectivity index (χ3n) is 4.28. The standard InChI is InChI=1S/C21H14ClFN4O3S/c22-13-9-10-17(27-31(29,30)20-8-4-1-5-14(20)23)18(11-13)26-21(28)19-12-24-15-6-2-3-7-16(15)25-19/h1-12,27H,(H,26,28). The molecule has 1 amide bonds. The molecule has 7 nitrogen and oxygen atoms in total. The molecule has 0 aliphatic heterocycles. The lowest BCUT2D eigenvalue weighted by molar-refractivity contribution is 0.102. The van der Waals surface area contributed by atoms with Crippen molar-refractivity contribution in [3.05, 3.63) is 89.5 Å². The summed E-state index contributed by atoms with van der Waals surface area (Å²) in [5, 5.41) is 2.83. The number of amides is 1. The summed E-state index contributed by atoms with van der Waals surface area (Å²) in [6.45, 7) is 0. The molecule has 0 aliphatic rings. The van der Waals surface area contributed by atoms with Crippen molar-refractivity contribution in [2.75, 3.05) is 10.0 Å². The van der Waals surface area contributed by atoms with Gasteiger partial charge < -0.3 is 5.32 Å². The predicted molar refractivity (Wildman–Crippen MR) is 116 cm³/mol. The summed E-state index contributed by atoms with van der Waals surface area (Å²) in [6, 6.07) is 16.2. The van der Waals surface area contributed by atoms with Gasteiger partial charge >= 0.3 is 0 Å². The zero-order valence-corrected chi connectivity index (χ0v) is 17.3. The summed E-state index contributed by atoms with van der Waals surface area (Å²) >= 11 is 6.02. The Kier molecular flexibility index (Phi) is 5.53. The first-order valence-corrected chi connectivity index (χ1v) is 10.8. The number of halogens is 2. The first kappa shape index (κ1) is 20.7. The van der Waals surface area contributed by atoms with Crippen molar-refractivity contribution in [2.24, 2.45) is 0 Å². The van der Waals surface area contributed by atoms with Crippen LogP contribution >= 0.6 is 11.6 Å². The molecule has 3 aromatic carbocycles. The van der Waals surface area contributed by atoms with Gasteiger partial charge in [-0.3, -0.25) is 14.5 Å². The summed E-state index contributed by atoms with van der Waals surface area (Å²) in [6.07, 6.45) is 1.31. The molecular formula is C21H14ClFN4O3S. The number of fused-ring (bicyclic) bond motifs is 1. The highest BCUT2D eigenvalue weighted by atomic mass is 35.5. The van der Waals surface area contributed by atoms with Gasteiger partial charge in [-0.25, -0.2) is 17.8 Å². The van der Waals surface area contributed by atoms with Gasteiger partial charge in [0.2, 0.25) is 0 Å². The Bertz CT molecular complexity index is 1410. The molecule has 0 unspecified atom stereocenters. The van der Waals surface area contributed by atoms with E-state index in [1.807, 2.05) is 0 Å². The number of nitrogens with one attached hydrogen (secondary N) is 2. The maximum absolute atomic E-state index is 14.0. The van der Waals surface area contributed by atoms with E-state index in [1.54, 1.807) is 24.3 Å². The van der Waals surface area contributed by atoms with Crippen LogP contribution in [0.3, 0.4) is 0 Å². The van der Waals surface area contributed by atoms with Crippen molar-refractivity contribution in [2.45, 2.75) is 4.90 Å². The van der Waals surface area contributed by atoms with E-state index in [9.17, 15) is 17.6 Å². The Morgan fingerprint density at radius 1 is 0.935 bits per heavy atom. The topological polar surface area (TPSA) is 101 Å². The number of carbonyl (C=O) groups excluding carboxylic acids is 1. The fraction of sp³-hybridized carbons (Fsp3) is 0. The summed E-state index contributed by atoms with van der Waals surface area (Å²) in [5.41, 5.74) is 1.27. The second-order valence-corrected chi connectivity index (χ2v) is 8.51. The molecule has 31 heavy (non-hydrogen) atoms. The van der Waals surface area contributed by atoms with Gasteiger partial charge in [0.25, 0.3) is 15.9 Å². The lowest BCUT2D eigenvalue weighted by Crippen LogP contribution is -2.18. The number of benzene rings is 3. The van der Waals surface area contributed by atoms with Gasteiger partial charge in [0.05, 0.1) is 28.6 Å². The quantitative estimate of drug-likeness (QED) is 0.461. The summed E-state index contributed by atoms with van der Waals surface area (Å²) in [4.78, 5) is 20.6. The molecule has 0 fully saturated rings. The minimum atomic E-state index is -4.26. The van der Waals surface area contributed by atoms with Gasteiger partial charge in [-0.15, -0.1) is 0 Å². The van der Waals surface area contributed by atoms with Crippen LogP contribution in [0.15, 0.2) is 77.8 Å². The first-order valence-electron chi connectivity index (χ1n) is 8.93. The number of para-hydroxylation sites is 2. The average Bonchev–Trinajstić information content (AvgIpc) is 2.75. The SMILES string of the molecule is O=C(Nc1cc(Cl)ccc1NS(=O)(=O)c1ccccc1F)c1cnc2ccccc2n1. The highest BCUT2D eigenvalue weighted by Crippen LogP contribution is 2.29. The van der Waals surface area contributed by atoms with Gasteiger partial charge in [-0.2, -0.15) is 0 Å². The van der Waals surface area contributed by atoms with Gasteiger partial charge in [0.1, 0.15) is 16.4 Å². The van der Waals surface area contributed by atoms with E-state index in [2.05, 4.69) is 20.0 Å². The third kappa shape index (κ3) is 4.47. The van der Waals surface area contributed by atoms with Crippen LogP contribution in [-0.4, -0.2) is 24.3 Å². The zero-order valence-electron chi connectivity index (χ0n) is 15.7. The van der Waals surface area contributed by atoms with E-state index < -0.39 is 26.6 Å². The number of carbonyl (C=O) groups is 1. The highest BCUT2D eigenvalue weighted by Gasteiger charge is 2.21. The number of anilines is 2. The molecule has 0 aliphatic carbocycles. The Morgan fingerprint density at radius 2 is 1.65 bits per heavy atom. The second-order valence-electron chi connectivity index (χ2n) is 6.42. The largest absolute Gasteiger partial charge is 0.319 e. The maximum Gasteiger partial charge on any atom is 0.275 e. The van der Waals surface area contributed by atoms with Crippen molar-refractivity contribution in [1.29, 1.82) is 0 Å². The van der Waals surface area contributed by atoms with Crippen molar-refractivity contribution in [3.63, 3.8) is 0 Å². The van der Waals surface area contributed by atoms with Crippen LogP contribution in [0.1, 0.15) is 10.5 Å². The van der Waals surface area contributed by atoms with Crippen LogP contribution in [0.5, 0.6) is 0 Å². The van der Waals surface area contributed by atoms with Crippen LogP contribution in [0.4, 0.5) is 15.8 Å². The predicted octanol–water partition coefficient (Wildman–Crippen LogP) is 4.48. The number of rotatable bonds is 5. The smallest absolute Gasteiger partial charge is 0.275 e. The van der Waals surface area contributed by atoms with E-state index in [4.69, 9.17) is 11.6 Å². The second kappa shape index (κ2) is 8.29. The lowest BCUT2D eigenvalue weighted by Gasteiger charge is -2.14. The summed E-state index contributed by atoms with van der Waals surface area (Å²) in [7, 11) is -4.26. The Morgan fingerprint density at radius 3 is 2.42 bits per heavy atom. The fourth-order valence-electron chi connectivity index (χ4n) is 2.82. The van der Waals surface area contributed by atoms with Crippen LogP contribution in [0, 0.1) is 5.82 Å². The van der Waals surface area contributed by atoms with Gasteiger partial charge in [0, 0.05) is 5.02 Å². The first-order chi connectivity index (χ1) is 14.8. The molecule has 0 atom stereocenters. The lowest BCUT2D eigenvalue weighted by atomic mass is 10.2. The minimum Gasteiger partial charge on any atom is -0.319 e. The number of sulfonamides is 1. The van der Waals surface area contributed by atoms with Crippen LogP contribution in [0.2, 0.25) is 5.02 Å². The van der Waals surface area contributed by atoms with E-state index in [0.717, 1.165) is 12.1 Å². The van der Waals surface area contributed by atoms with Gasteiger partial charge in [0.15, 0.2) is 0 Å². The Balaban J connectivity index is 1.65. The normalized spacial score (nSPS) is 11.3. The van der Waals surface area contributed by atoms with E-state index in [-0.39, 0.29) is 22.1 Å². The number of hydrogen-bond acceptors (Lipinski definition) is 5. The minimum absolute atomic E-state index is 0.00903. The summed E-state index contributed by atoms with van der Waals surface area (Å²) in [5.74, 6) is -1.52. The molecule has 0 saturated carbocycles.